The number of ether oxygens (including phenoxy) is 1. The maximum atomic E-state index is 12.2. The Kier molecular flexibility index (Phi) is 6.05. The number of carbonyl (C=O) groups is 1. The fourth-order valence-electron chi connectivity index (χ4n) is 3.39. The molecule has 0 fully saturated rings. The Balaban J connectivity index is 1.63. The van der Waals surface area contributed by atoms with Crippen LogP contribution in [0.2, 0.25) is 10.0 Å². The van der Waals surface area contributed by atoms with E-state index < -0.39 is 16.0 Å². The molecular formula is C22H18Cl2N2O5S. The van der Waals surface area contributed by atoms with E-state index in [4.69, 9.17) is 27.9 Å². The maximum absolute atomic E-state index is 12.2. The van der Waals surface area contributed by atoms with E-state index in [-0.39, 0.29) is 21.9 Å². The normalized spacial score (nSPS) is 12.3. The molecule has 4 rings (SSSR count). The lowest BCUT2D eigenvalue weighted by atomic mass is 10.0. The number of rotatable bonds is 6. The first-order valence-electron chi connectivity index (χ1n) is 9.54. The SMILES string of the molecule is CNS(=O)(=O)c1cc2c(c(C(=O)O)c1)Nc1ccc(CCc3ccc(Cl)c(Cl)c3)cc1O2. The van der Waals surface area contributed by atoms with Crippen molar-refractivity contribution in [2.75, 3.05) is 12.4 Å². The summed E-state index contributed by atoms with van der Waals surface area (Å²) in [7, 11) is -2.61. The van der Waals surface area contributed by atoms with Gasteiger partial charge in [0.2, 0.25) is 10.0 Å². The molecule has 3 aromatic carbocycles. The first kappa shape index (κ1) is 22.4. The number of sulfonamides is 1. The summed E-state index contributed by atoms with van der Waals surface area (Å²) in [6.45, 7) is 0. The van der Waals surface area contributed by atoms with Gasteiger partial charge in [-0.25, -0.2) is 17.9 Å². The van der Waals surface area contributed by atoms with Gasteiger partial charge in [-0.2, -0.15) is 0 Å². The number of benzene rings is 3. The van der Waals surface area contributed by atoms with Crippen LogP contribution in [0.25, 0.3) is 0 Å². The van der Waals surface area contributed by atoms with Gasteiger partial charge in [-0.15, -0.1) is 0 Å². The number of hydrogen-bond acceptors (Lipinski definition) is 5. The lowest BCUT2D eigenvalue weighted by molar-refractivity contribution is 0.0697. The van der Waals surface area contributed by atoms with Gasteiger partial charge in [0.05, 0.1) is 31.9 Å². The van der Waals surface area contributed by atoms with E-state index in [1.165, 1.54) is 13.1 Å². The van der Waals surface area contributed by atoms with Gasteiger partial charge in [-0.1, -0.05) is 35.3 Å². The number of aryl methyl sites for hydroxylation is 2. The van der Waals surface area contributed by atoms with Crippen LogP contribution in [0.1, 0.15) is 21.5 Å². The number of hydrogen-bond donors (Lipinski definition) is 3. The van der Waals surface area contributed by atoms with Crippen LogP contribution in [0.5, 0.6) is 11.5 Å². The van der Waals surface area contributed by atoms with Crippen molar-refractivity contribution in [2.24, 2.45) is 0 Å². The molecule has 7 nitrogen and oxygen atoms in total. The van der Waals surface area contributed by atoms with Crippen LogP contribution < -0.4 is 14.8 Å². The van der Waals surface area contributed by atoms with E-state index in [2.05, 4.69) is 10.0 Å². The molecule has 10 heteroatoms. The summed E-state index contributed by atoms with van der Waals surface area (Å²) in [5.74, 6) is -0.681. The molecule has 0 spiro atoms. The highest BCUT2D eigenvalue weighted by Gasteiger charge is 2.27. The summed E-state index contributed by atoms with van der Waals surface area (Å²) in [4.78, 5) is 11.5. The first-order valence-corrected chi connectivity index (χ1v) is 11.8. The highest BCUT2D eigenvalue weighted by molar-refractivity contribution is 7.89. The van der Waals surface area contributed by atoms with Crippen molar-refractivity contribution in [3.63, 3.8) is 0 Å². The number of carboxylic acid groups (broad SMARTS) is 1. The van der Waals surface area contributed by atoms with Crippen LogP contribution in [0.3, 0.4) is 0 Å². The number of halogens is 2. The van der Waals surface area contributed by atoms with Gasteiger partial charge in [0.1, 0.15) is 0 Å². The van der Waals surface area contributed by atoms with Crippen LogP contribution in [-0.2, 0) is 22.9 Å². The molecule has 3 N–H and O–H groups in total. The fraction of sp³-hybridized carbons (Fsp3) is 0.136. The molecule has 0 amide bonds. The molecule has 166 valence electrons. The lowest BCUT2D eigenvalue weighted by Gasteiger charge is -2.24. The summed E-state index contributed by atoms with van der Waals surface area (Å²) in [6, 6.07) is 13.4. The fourth-order valence-corrected chi connectivity index (χ4v) is 4.48. The van der Waals surface area contributed by atoms with Crippen LogP contribution in [-0.4, -0.2) is 26.5 Å². The number of carboxylic acids is 1. The van der Waals surface area contributed by atoms with Gasteiger partial charge in [0, 0.05) is 6.07 Å². The minimum atomic E-state index is -3.86. The third-order valence-electron chi connectivity index (χ3n) is 5.10. The van der Waals surface area contributed by atoms with E-state index in [9.17, 15) is 18.3 Å². The first-order chi connectivity index (χ1) is 15.2. The van der Waals surface area contributed by atoms with Crippen LogP contribution in [0.4, 0.5) is 11.4 Å². The second-order valence-electron chi connectivity index (χ2n) is 7.16. The summed E-state index contributed by atoms with van der Waals surface area (Å²) in [6.07, 6.45) is 1.43. The zero-order valence-electron chi connectivity index (χ0n) is 16.8. The number of anilines is 2. The van der Waals surface area contributed by atoms with Crippen molar-refractivity contribution < 1.29 is 23.1 Å². The van der Waals surface area contributed by atoms with E-state index in [0.29, 0.717) is 27.9 Å². The topological polar surface area (TPSA) is 105 Å². The van der Waals surface area contributed by atoms with E-state index in [1.807, 2.05) is 24.3 Å². The van der Waals surface area contributed by atoms with Crippen molar-refractivity contribution in [3.05, 3.63) is 75.3 Å². The molecule has 0 saturated carbocycles. The predicted octanol–water partition coefficient (Wildman–Crippen LogP) is 5.23. The molecule has 1 aliphatic rings. The molecule has 0 atom stereocenters. The highest BCUT2D eigenvalue weighted by atomic mass is 35.5. The Morgan fingerprint density at radius 2 is 1.69 bits per heavy atom. The third-order valence-corrected chi connectivity index (χ3v) is 7.23. The van der Waals surface area contributed by atoms with Gasteiger partial charge in [-0.05, 0) is 61.3 Å². The third kappa shape index (κ3) is 4.40. The Labute approximate surface area is 195 Å². The van der Waals surface area contributed by atoms with E-state index in [0.717, 1.165) is 23.6 Å². The molecule has 0 radical (unpaired) electrons. The Hall–Kier alpha value is -2.78. The monoisotopic (exact) mass is 492 g/mol. The van der Waals surface area contributed by atoms with E-state index in [1.54, 1.807) is 12.1 Å². The molecule has 0 unspecified atom stereocenters. The zero-order chi connectivity index (χ0) is 23.0. The molecule has 3 aromatic rings. The van der Waals surface area contributed by atoms with Gasteiger partial charge < -0.3 is 15.2 Å². The summed E-state index contributed by atoms with van der Waals surface area (Å²) < 4.78 is 32.6. The van der Waals surface area contributed by atoms with Gasteiger partial charge in [-0.3, -0.25) is 0 Å². The highest BCUT2D eigenvalue weighted by Crippen LogP contribution is 2.45. The van der Waals surface area contributed by atoms with Crippen LogP contribution in [0.15, 0.2) is 53.4 Å². The van der Waals surface area contributed by atoms with Crippen molar-refractivity contribution >= 4 is 50.6 Å². The van der Waals surface area contributed by atoms with Gasteiger partial charge in [0.25, 0.3) is 0 Å². The Bertz CT molecular complexity index is 1340. The molecule has 0 bridgehead atoms. The predicted molar refractivity (Wildman–Crippen MR) is 123 cm³/mol. The molecular weight excluding hydrogens is 475 g/mol. The molecule has 0 aromatic heterocycles. The molecule has 32 heavy (non-hydrogen) atoms. The lowest BCUT2D eigenvalue weighted by Crippen LogP contribution is -2.20. The van der Waals surface area contributed by atoms with Crippen LogP contribution >= 0.6 is 23.2 Å². The smallest absolute Gasteiger partial charge is 0.338 e. The van der Waals surface area contributed by atoms with Gasteiger partial charge >= 0.3 is 5.97 Å². The van der Waals surface area contributed by atoms with Crippen molar-refractivity contribution in [1.82, 2.24) is 4.72 Å². The second kappa shape index (κ2) is 8.63. The standard InChI is InChI=1S/C22H18Cl2N2O5S/c1-25-32(29,30)14-10-15(22(27)28)21-20(11-14)31-19-9-13(5-7-18(19)26-21)3-2-12-4-6-16(23)17(24)8-12/h4-11,25-26H,2-3H2,1H3,(H,27,28). The van der Waals surface area contributed by atoms with Crippen LogP contribution in [0, 0.1) is 0 Å². The number of aromatic carboxylic acids is 1. The minimum Gasteiger partial charge on any atom is -0.478 e. The molecule has 0 aliphatic carbocycles. The van der Waals surface area contributed by atoms with Gasteiger partial charge in [0.15, 0.2) is 11.5 Å². The molecule has 1 heterocycles. The second-order valence-corrected chi connectivity index (χ2v) is 9.86. The summed E-state index contributed by atoms with van der Waals surface area (Å²) >= 11 is 12.0. The largest absolute Gasteiger partial charge is 0.478 e. The average Bonchev–Trinajstić information content (AvgIpc) is 2.77. The van der Waals surface area contributed by atoms with Crippen molar-refractivity contribution in [1.29, 1.82) is 0 Å². The Morgan fingerprint density at radius 3 is 2.34 bits per heavy atom. The number of fused-ring (bicyclic) bond motifs is 2. The zero-order valence-corrected chi connectivity index (χ0v) is 19.1. The summed E-state index contributed by atoms with van der Waals surface area (Å²) in [5.41, 5.74) is 2.60. The van der Waals surface area contributed by atoms with E-state index >= 15 is 0 Å². The van der Waals surface area contributed by atoms with Crippen molar-refractivity contribution in [2.45, 2.75) is 17.7 Å². The minimum absolute atomic E-state index is 0.118. The Morgan fingerprint density at radius 1 is 1.00 bits per heavy atom. The average molecular weight is 493 g/mol. The van der Waals surface area contributed by atoms with Crippen molar-refractivity contribution in [3.8, 4) is 11.5 Å². The molecule has 0 saturated heterocycles. The summed E-state index contributed by atoms with van der Waals surface area (Å²) in [5, 5.41) is 13.6. The maximum Gasteiger partial charge on any atom is 0.338 e. The molecule has 1 aliphatic heterocycles. The number of nitrogens with one attached hydrogen (secondary N) is 2. The quantitative estimate of drug-likeness (QED) is 0.340.